The molecule has 2 aromatic carbocycles. The molecule has 0 bridgehead atoms. The van der Waals surface area contributed by atoms with Crippen molar-refractivity contribution in [2.24, 2.45) is 0 Å². The van der Waals surface area contributed by atoms with Crippen molar-refractivity contribution < 1.29 is 18.1 Å². The summed E-state index contributed by atoms with van der Waals surface area (Å²) >= 11 is 0. The van der Waals surface area contributed by atoms with Crippen LogP contribution in [0.1, 0.15) is 16.1 Å². The van der Waals surface area contributed by atoms with Gasteiger partial charge in [0.15, 0.2) is 9.84 Å². The summed E-state index contributed by atoms with van der Waals surface area (Å²) in [5, 5.41) is 17.8. The van der Waals surface area contributed by atoms with Crippen molar-refractivity contribution in [2.75, 3.05) is 11.6 Å². The van der Waals surface area contributed by atoms with Crippen molar-refractivity contribution in [3.05, 3.63) is 76.0 Å². The molecule has 28 heavy (non-hydrogen) atoms. The minimum absolute atomic E-state index is 0.0419. The van der Waals surface area contributed by atoms with Crippen LogP contribution in [-0.4, -0.2) is 35.3 Å². The van der Waals surface area contributed by atoms with Gasteiger partial charge in [-0.3, -0.25) is 14.9 Å². The van der Waals surface area contributed by atoms with Gasteiger partial charge in [0.25, 0.3) is 11.6 Å². The molecule has 0 aliphatic heterocycles. The first-order valence-corrected chi connectivity index (χ1v) is 9.97. The monoisotopic (exact) mass is 400 g/mol. The summed E-state index contributed by atoms with van der Waals surface area (Å²) in [7, 11) is -3.44. The molecule has 1 heterocycles. The average molecular weight is 400 g/mol. The molecule has 0 spiro atoms. The number of sulfone groups is 1. The highest BCUT2D eigenvalue weighted by Gasteiger charge is 2.15. The maximum atomic E-state index is 12.6. The number of non-ortho nitro benzene ring substituents is 1. The van der Waals surface area contributed by atoms with Crippen molar-refractivity contribution in [1.82, 2.24) is 9.78 Å². The number of rotatable bonds is 5. The van der Waals surface area contributed by atoms with E-state index in [2.05, 4.69) is 10.4 Å². The second-order valence-electron chi connectivity index (χ2n) is 6.11. The fraction of sp³-hybridized carbons (Fsp3) is 0.111. The number of carbonyl (C=O) groups is 1. The van der Waals surface area contributed by atoms with Gasteiger partial charge in [-0.05, 0) is 37.3 Å². The number of nitro groups is 1. The number of carbonyl (C=O) groups excluding carboxylic acids is 1. The Balaban J connectivity index is 1.91. The number of nitrogens with one attached hydrogen (secondary N) is 1. The van der Waals surface area contributed by atoms with Crippen LogP contribution in [0.3, 0.4) is 0 Å². The quantitative estimate of drug-likeness (QED) is 0.519. The maximum absolute atomic E-state index is 12.6. The molecule has 3 aromatic rings. The summed E-state index contributed by atoms with van der Waals surface area (Å²) in [6.45, 7) is 1.74. The Bertz CT molecular complexity index is 1170. The lowest BCUT2D eigenvalue weighted by Gasteiger charge is -2.09. The summed E-state index contributed by atoms with van der Waals surface area (Å²) in [6, 6.07) is 13.1. The van der Waals surface area contributed by atoms with Crippen LogP contribution in [0.25, 0.3) is 5.69 Å². The SMILES string of the molecule is Cc1cc(NC(=O)c2cccc(S(C)(=O)=O)c2)n(-c2ccc([N+](=O)[O-])cc2)n1. The number of hydrogen-bond donors (Lipinski definition) is 1. The fourth-order valence-electron chi connectivity index (χ4n) is 2.56. The van der Waals surface area contributed by atoms with Gasteiger partial charge >= 0.3 is 0 Å². The highest BCUT2D eigenvalue weighted by Crippen LogP contribution is 2.21. The molecule has 0 unspecified atom stereocenters. The van der Waals surface area contributed by atoms with Gasteiger partial charge in [0.05, 0.1) is 21.2 Å². The first-order chi connectivity index (χ1) is 13.1. The van der Waals surface area contributed by atoms with E-state index in [1.165, 1.54) is 53.2 Å². The first kappa shape index (κ1) is 19.2. The number of nitro benzene ring substituents is 1. The molecule has 1 amide bonds. The maximum Gasteiger partial charge on any atom is 0.269 e. The lowest BCUT2D eigenvalue weighted by atomic mass is 10.2. The third-order valence-electron chi connectivity index (χ3n) is 3.90. The molecule has 144 valence electrons. The van der Waals surface area contributed by atoms with Gasteiger partial charge in [0.1, 0.15) is 5.82 Å². The van der Waals surface area contributed by atoms with Crippen molar-refractivity contribution in [2.45, 2.75) is 11.8 Å². The number of anilines is 1. The van der Waals surface area contributed by atoms with E-state index in [1.54, 1.807) is 13.0 Å². The molecule has 0 saturated carbocycles. The highest BCUT2D eigenvalue weighted by atomic mass is 32.2. The number of benzene rings is 2. The van der Waals surface area contributed by atoms with Crippen LogP contribution in [0, 0.1) is 17.0 Å². The molecular weight excluding hydrogens is 384 g/mol. The topological polar surface area (TPSA) is 124 Å². The van der Waals surface area contributed by atoms with Gasteiger partial charge in [-0.2, -0.15) is 5.10 Å². The van der Waals surface area contributed by atoms with Crippen LogP contribution in [0.2, 0.25) is 0 Å². The second-order valence-corrected chi connectivity index (χ2v) is 8.13. The van der Waals surface area contributed by atoms with Crippen LogP contribution in [0.5, 0.6) is 0 Å². The Morgan fingerprint density at radius 3 is 2.43 bits per heavy atom. The third kappa shape index (κ3) is 4.07. The van der Waals surface area contributed by atoms with Crippen molar-refractivity contribution in [3.63, 3.8) is 0 Å². The lowest BCUT2D eigenvalue weighted by Crippen LogP contribution is -2.15. The largest absolute Gasteiger partial charge is 0.306 e. The van der Waals surface area contributed by atoms with Crippen molar-refractivity contribution >= 4 is 27.2 Å². The van der Waals surface area contributed by atoms with Crippen LogP contribution in [-0.2, 0) is 9.84 Å². The summed E-state index contributed by atoms with van der Waals surface area (Å²) in [6.07, 6.45) is 1.07. The van der Waals surface area contributed by atoms with Gasteiger partial charge < -0.3 is 5.32 Å². The van der Waals surface area contributed by atoms with E-state index in [9.17, 15) is 23.3 Å². The molecule has 10 heteroatoms. The minimum atomic E-state index is -3.44. The standard InChI is InChI=1S/C18H16N4O5S/c1-12-10-17(21(20-12)14-6-8-15(9-7-14)22(24)25)19-18(23)13-4-3-5-16(11-13)28(2,26)27/h3-11H,1-2H3,(H,19,23). The molecule has 0 radical (unpaired) electrons. The summed E-state index contributed by atoms with van der Waals surface area (Å²) in [4.78, 5) is 22.9. The summed E-state index contributed by atoms with van der Waals surface area (Å²) in [5.41, 5.74) is 1.27. The molecule has 1 N–H and O–H groups in total. The zero-order valence-electron chi connectivity index (χ0n) is 15.0. The molecule has 0 fully saturated rings. The minimum Gasteiger partial charge on any atom is -0.306 e. The van der Waals surface area contributed by atoms with Crippen LogP contribution < -0.4 is 5.32 Å². The molecule has 0 aliphatic carbocycles. The smallest absolute Gasteiger partial charge is 0.269 e. The Kier molecular flexibility index (Phi) is 4.97. The highest BCUT2D eigenvalue weighted by molar-refractivity contribution is 7.90. The molecule has 9 nitrogen and oxygen atoms in total. The van der Waals surface area contributed by atoms with E-state index in [0.29, 0.717) is 17.2 Å². The normalized spacial score (nSPS) is 11.2. The number of amides is 1. The first-order valence-electron chi connectivity index (χ1n) is 8.08. The lowest BCUT2D eigenvalue weighted by molar-refractivity contribution is -0.384. The average Bonchev–Trinajstić information content (AvgIpc) is 3.01. The predicted molar refractivity (Wildman–Crippen MR) is 102 cm³/mol. The number of nitrogens with zero attached hydrogens (tertiary/aromatic N) is 3. The summed E-state index contributed by atoms with van der Waals surface area (Å²) in [5.74, 6) is -0.158. The van der Waals surface area contributed by atoms with Crippen LogP contribution in [0.15, 0.2) is 59.5 Å². The molecule has 0 saturated heterocycles. The zero-order valence-corrected chi connectivity index (χ0v) is 15.8. The van der Waals surface area contributed by atoms with Gasteiger partial charge in [-0.15, -0.1) is 0 Å². The predicted octanol–water partition coefficient (Wildman–Crippen LogP) is 2.74. The number of aromatic nitrogens is 2. The van der Waals surface area contributed by atoms with Crippen molar-refractivity contribution in [1.29, 1.82) is 0 Å². The molecule has 3 rings (SSSR count). The van der Waals surface area contributed by atoms with Gasteiger partial charge in [-0.25, -0.2) is 13.1 Å². The van der Waals surface area contributed by atoms with E-state index >= 15 is 0 Å². The van der Waals surface area contributed by atoms with E-state index in [1.807, 2.05) is 0 Å². The fourth-order valence-corrected chi connectivity index (χ4v) is 3.22. The van der Waals surface area contributed by atoms with Crippen molar-refractivity contribution in [3.8, 4) is 5.69 Å². The second kappa shape index (κ2) is 7.24. The Morgan fingerprint density at radius 1 is 1.14 bits per heavy atom. The van der Waals surface area contributed by atoms with Gasteiger partial charge in [0, 0.05) is 30.0 Å². The molecular formula is C18H16N4O5S. The van der Waals surface area contributed by atoms with Crippen LogP contribution >= 0.6 is 0 Å². The molecule has 1 aromatic heterocycles. The van der Waals surface area contributed by atoms with Gasteiger partial charge in [-0.1, -0.05) is 6.07 Å². The Morgan fingerprint density at radius 2 is 1.82 bits per heavy atom. The Labute approximate surface area is 160 Å². The molecule has 0 aliphatic rings. The van der Waals surface area contributed by atoms with E-state index in [-0.39, 0.29) is 16.1 Å². The zero-order chi connectivity index (χ0) is 20.5. The van der Waals surface area contributed by atoms with E-state index < -0.39 is 20.7 Å². The van der Waals surface area contributed by atoms with E-state index in [4.69, 9.17) is 0 Å². The Hall–Kier alpha value is -3.53. The molecule has 0 atom stereocenters. The number of hydrogen-bond acceptors (Lipinski definition) is 6. The van der Waals surface area contributed by atoms with Gasteiger partial charge in [0.2, 0.25) is 0 Å². The van der Waals surface area contributed by atoms with E-state index in [0.717, 1.165) is 6.26 Å². The number of aryl methyl sites for hydroxylation is 1. The summed E-state index contributed by atoms with van der Waals surface area (Å²) < 4.78 is 24.8. The van der Waals surface area contributed by atoms with Crippen LogP contribution in [0.4, 0.5) is 11.5 Å². The third-order valence-corrected chi connectivity index (χ3v) is 5.01.